The zero-order valence-electron chi connectivity index (χ0n) is 13.4. The molecule has 0 aliphatic heterocycles. The number of rotatable bonds is 10. The Hall–Kier alpha value is -1.40. The molecule has 0 aromatic carbocycles. The van der Waals surface area contributed by atoms with Crippen molar-refractivity contribution in [3.05, 3.63) is 11.8 Å². The Morgan fingerprint density at radius 2 is 1.90 bits per heavy atom. The van der Waals surface area contributed by atoms with E-state index in [2.05, 4.69) is 5.16 Å². The van der Waals surface area contributed by atoms with Crippen molar-refractivity contribution in [3.8, 4) is 5.88 Å². The minimum atomic E-state index is -0.436. The number of carbonyl (C=O) groups excluding carboxylic acids is 1. The molecular formula is C15H25NO5. The van der Waals surface area contributed by atoms with Crippen molar-refractivity contribution in [1.82, 2.24) is 5.16 Å². The van der Waals surface area contributed by atoms with Gasteiger partial charge in [0.05, 0.1) is 5.92 Å². The Bertz CT molecular complexity index is 423. The lowest BCUT2D eigenvalue weighted by Crippen LogP contribution is -2.25. The van der Waals surface area contributed by atoms with Crippen LogP contribution in [0.25, 0.3) is 0 Å². The van der Waals surface area contributed by atoms with E-state index in [1.54, 1.807) is 13.0 Å². The minimum Gasteiger partial charge on any atom is -0.470 e. The van der Waals surface area contributed by atoms with Crippen LogP contribution in [0.2, 0.25) is 0 Å². The quantitative estimate of drug-likeness (QED) is 0.619. The molecule has 0 amide bonds. The molecule has 0 spiro atoms. The summed E-state index contributed by atoms with van der Waals surface area (Å²) < 4.78 is 21.5. The second-order valence-electron chi connectivity index (χ2n) is 5.05. The maximum Gasteiger partial charge on any atom is 0.254 e. The van der Waals surface area contributed by atoms with Gasteiger partial charge < -0.3 is 18.7 Å². The minimum absolute atomic E-state index is 0.0502. The first-order valence-corrected chi connectivity index (χ1v) is 7.32. The Morgan fingerprint density at radius 1 is 1.29 bits per heavy atom. The standard InChI is InChI=1S/C15H25NO5/c1-6-18-14(19-7-2)9-20-13-8-12(21-16-13)15(10(3)4)11(5)17/h8,10,14-15H,6-7,9H2,1-5H3/t15-/m0/s1. The molecule has 0 fully saturated rings. The van der Waals surface area contributed by atoms with E-state index in [4.69, 9.17) is 18.7 Å². The van der Waals surface area contributed by atoms with E-state index in [1.807, 2.05) is 27.7 Å². The van der Waals surface area contributed by atoms with Crippen LogP contribution in [0.3, 0.4) is 0 Å². The third kappa shape index (κ3) is 5.47. The van der Waals surface area contributed by atoms with Gasteiger partial charge in [-0.25, -0.2) is 0 Å². The summed E-state index contributed by atoms with van der Waals surface area (Å²) in [5, 5.41) is 3.83. The maximum absolute atomic E-state index is 11.7. The lowest BCUT2D eigenvalue weighted by Gasteiger charge is -2.16. The van der Waals surface area contributed by atoms with E-state index >= 15 is 0 Å². The molecule has 0 saturated carbocycles. The molecule has 0 unspecified atom stereocenters. The van der Waals surface area contributed by atoms with Gasteiger partial charge >= 0.3 is 0 Å². The molecule has 1 rings (SSSR count). The zero-order valence-corrected chi connectivity index (χ0v) is 13.4. The molecule has 0 aliphatic carbocycles. The fraction of sp³-hybridized carbons (Fsp3) is 0.733. The van der Waals surface area contributed by atoms with E-state index < -0.39 is 6.29 Å². The van der Waals surface area contributed by atoms with Crippen molar-refractivity contribution in [2.75, 3.05) is 19.8 Å². The van der Waals surface area contributed by atoms with E-state index in [1.165, 1.54) is 0 Å². The van der Waals surface area contributed by atoms with Crippen LogP contribution in [-0.4, -0.2) is 37.1 Å². The molecule has 6 heteroatoms. The van der Waals surface area contributed by atoms with E-state index in [0.717, 1.165) is 0 Å². The molecule has 0 N–H and O–H groups in total. The molecule has 1 aromatic rings. The van der Waals surface area contributed by atoms with E-state index in [0.29, 0.717) is 24.9 Å². The summed E-state index contributed by atoms with van der Waals surface area (Å²) >= 11 is 0. The second-order valence-corrected chi connectivity index (χ2v) is 5.05. The van der Waals surface area contributed by atoms with Crippen molar-refractivity contribution in [1.29, 1.82) is 0 Å². The first-order chi connectivity index (χ1) is 9.99. The summed E-state index contributed by atoms with van der Waals surface area (Å²) in [5.74, 6) is 0.750. The Balaban J connectivity index is 2.64. The van der Waals surface area contributed by atoms with Gasteiger partial charge in [-0.2, -0.15) is 0 Å². The molecule has 0 radical (unpaired) electrons. The van der Waals surface area contributed by atoms with Crippen molar-refractivity contribution in [2.24, 2.45) is 5.92 Å². The van der Waals surface area contributed by atoms with Crippen LogP contribution in [0.4, 0.5) is 0 Å². The third-order valence-electron chi connectivity index (χ3n) is 2.99. The highest BCUT2D eigenvalue weighted by Gasteiger charge is 2.25. The smallest absolute Gasteiger partial charge is 0.254 e. The van der Waals surface area contributed by atoms with Crippen LogP contribution in [0, 0.1) is 5.92 Å². The van der Waals surface area contributed by atoms with E-state index in [9.17, 15) is 4.79 Å². The highest BCUT2D eigenvalue weighted by Crippen LogP contribution is 2.28. The lowest BCUT2D eigenvalue weighted by atomic mass is 9.90. The molecule has 120 valence electrons. The molecule has 1 atom stereocenters. The predicted octanol–water partition coefficient (Wildman–Crippen LogP) is 2.78. The summed E-state index contributed by atoms with van der Waals surface area (Å²) in [4.78, 5) is 11.7. The van der Waals surface area contributed by atoms with Gasteiger partial charge in [0.15, 0.2) is 12.1 Å². The largest absolute Gasteiger partial charge is 0.470 e. The van der Waals surface area contributed by atoms with Crippen LogP contribution in [0.5, 0.6) is 5.88 Å². The van der Waals surface area contributed by atoms with Crippen LogP contribution < -0.4 is 4.74 Å². The van der Waals surface area contributed by atoms with Crippen molar-refractivity contribution in [2.45, 2.75) is 46.8 Å². The normalized spacial score (nSPS) is 12.9. The van der Waals surface area contributed by atoms with Crippen molar-refractivity contribution >= 4 is 5.78 Å². The van der Waals surface area contributed by atoms with E-state index in [-0.39, 0.29) is 24.2 Å². The summed E-state index contributed by atoms with van der Waals surface area (Å²) in [6, 6.07) is 1.65. The predicted molar refractivity (Wildman–Crippen MR) is 77.3 cm³/mol. The van der Waals surface area contributed by atoms with Gasteiger partial charge in [0.1, 0.15) is 12.4 Å². The number of carbonyl (C=O) groups is 1. The molecular weight excluding hydrogens is 274 g/mol. The van der Waals surface area contributed by atoms with Gasteiger partial charge in [-0.15, -0.1) is 0 Å². The molecule has 1 aromatic heterocycles. The summed E-state index contributed by atoms with van der Waals surface area (Å²) in [5.41, 5.74) is 0. The zero-order chi connectivity index (χ0) is 15.8. The summed E-state index contributed by atoms with van der Waals surface area (Å²) in [6.45, 7) is 10.6. The molecule has 1 heterocycles. The Kier molecular flexibility index (Phi) is 7.39. The first-order valence-electron chi connectivity index (χ1n) is 7.32. The number of ketones is 1. The Morgan fingerprint density at radius 3 is 2.38 bits per heavy atom. The number of Topliss-reactive ketones (excluding diaryl/α,β-unsaturated/α-hetero) is 1. The average Bonchev–Trinajstić information content (AvgIpc) is 2.84. The third-order valence-corrected chi connectivity index (χ3v) is 2.99. The summed E-state index contributed by atoms with van der Waals surface area (Å²) in [6.07, 6.45) is -0.436. The number of nitrogens with zero attached hydrogens (tertiary/aromatic N) is 1. The van der Waals surface area contributed by atoms with Gasteiger partial charge in [-0.3, -0.25) is 4.79 Å². The fourth-order valence-corrected chi connectivity index (χ4v) is 2.15. The maximum atomic E-state index is 11.7. The van der Waals surface area contributed by atoms with Gasteiger partial charge in [-0.05, 0) is 31.8 Å². The number of hydrogen-bond donors (Lipinski definition) is 0. The van der Waals surface area contributed by atoms with Gasteiger partial charge in [-0.1, -0.05) is 13.8 Å². The second kappa shape index (κ2) is 8.79. The van der Waals surface area contributed by atoms with Crippen LogP contribution in [0.15, 0.2) is 10.6 Å². The van der Waals surface area contributed by atoms with Gasteiger partial charge in [0.2, 0.25) is 0 Å². The number of ether oxygens (including phenoxy) is 3. The number of aromatic nitrogens is 1. The van der Waals surface area contributed by atoms with Crippen LogP contribution in [0.1, 0.15) is 46.3 Å². The lowest BCUT2D eigenvalue weighted by molar-refractivity contribution is -0.152. The highest BCUT2D eigenvalue weighted by molar-refractivity contribution is 5.82. The van der Waals surface area contributed by atoms with Gasteiger partial charge in [0.25, 0.3) is 5.88 Å². The Labute approximate surface area is 125 Å². The molecule has 0 bridgehead atoms. The first kappa shape index (κ1) is 17.7. The van der Waals surface area contributed by atoms with Crippen LogP contribution in [-0.2, 0) is 14.3 Å². The molecule has 0 saturated heterocycles. The van der Waals surface area contributed by atoms with Crippen LogP contribution >= 0.6 is 0 Å². The molecule has 0 aliphatic rings. The molecule has 21 heavy (non-hydrogen) atoms. The topological polar surface area (TPSA) is 70.8 Å². The van der Waals surface area contributed by atoms with Gasteiger partial charge in [0, 0.05) is 19.3 Å². The molecule has 6 nitrogen and oxygen atoms in total. The summed E-state index contributed by atoms with van der Waals surface area (Å²) in [7, 11) is 0. The average molecular weight is 299 g/mol. The number of hydrogen-bond acceptors (Lipinski definition) is 6. The van der Waals surface area contributed by atoms with Crippen molar-refractivity contribution in [3.63, 3.8) is 0 Å². The fourth-order valence-electron chi connectivity index (χ4n) is 2.15. The van der Waals surface area contributed by atoms with Crippen molar-refractivity contribution < 1.29 is 23.5 Å². The highest BCUT2D eigenvalue weighted by atomic mass is 16.7. The monoisotopic (exact) mass is 299 g/mol. The SMILES string of the molecule is CCOC(COc1cc([C@H](C(C)=O)C(C)C)on1)OCC.